The second-order valence-electron chi connectivity index (χ2n) is 2.72. The largest absolute Gasteiger partial charge is 0.480 e. The Balaban J connectivity index is 2.85. The van der Waals surface area contributed by atoms with Crippen molar-refractivity contribution >= 4 is 5.97 Å². The molecule has 0 spiro atoms. The van der Waals surface area contributed by atoms with Crippen LogP contribution in [0, 0.1) is 0 Å². The molecule has 70 valence electrons. The third-order valence-electron chi connectivity index (χ3n) is 1.79. The monoisotopic (exact) mass is 181 g/mol. The summed E-state index contributed by atoms with van der Waals surface area (Å²) in [6.45, 7) is -0.0530. The summed E-state index contributed by atoms with van der Waals surface area (Å²) >= 11 is 0. The standard InChI is InChI=1S/C9H11NO3/c10-8(9(12)13)7-3-1-6(5-11)2-4-7/h1-4,8,11H,5,10H2,(H,12,13). The summed E-state index contributed by atoms with van der Waals surface area (Å²) in [6.07, 6.45) is 0. The minimum Gasteiger partial charge on any atom is -0.480 e. The van der Waals surface area contributed by atoms with E-state index in [1.807, 2.05) is 0 Å². The summed E-state index contributed by atoms with van der Waals surface area (Å²) in [5, 5.41) is 17.3. The van der Waals surface area contributed by atoms with Crippen molar-refractivity contribution in [3.63, 3.8) is 0 Å². The van der Waals surface area contributed by atoms with Crippen LogP contribution >= 0.6 is 0 Å². The van der Waals surface area contributed by atoms with Crippen molar-refractivity contribution in [2.75, 3.05) is 0 Å². The number of aliphatic hydroxyl groups is 1. The van der Waals surface area contributed by atoms with Gasteiger partial charge in [0.25, 0.3) is 0 Å². The summed E-state index contributed by atoms with van der Waals surface area (Å²) in [7, 11) is 0. The number of rotatable bonds is 3. The Bertz CT molecular complexity index is 294. The normalized spacial score (nSPS) is 12.5. The molecule has 0 heterocycles. The fourth-order valence-electron chi connectivity index (χ4n) is 0.973. The maximum atomic E-state index is 10.5. The van der Waals surface area contributed by atoms with Gasteiger partial charge < -0.3 is 15.9 Å². The van der Waals surface area contributed by atoms with E-state index >= 15 is 0 Å². The van der Waals surface area contributed by atoms with Crippen LogP contribution in [0.5, 0.6) is 0 Å². The SMILES string of the molecule is NC(C(=O)O)c1ccc(CO)cc1. The summed E-state index contributed by atoms with van der Waals surface area (Å²) in [4.78, 5) is 10.5. The number of hydrogen-bond donors (Lipinski definition) is 3. The molecule has 0 aliphatic heterocycles. The Morgan fingerprint density at radius 1 is 1.38 bits per heavy atom. The smallest absolute Gasteiger partial charge is 0.325 e. The quantitative estimate of drug-likeness (QED) is 0.624. The maximum Gasteiger partial charge on any atom is 0.325 e. The Morgan fingerprint density at radius 3 is 2.31 bits per heavy atom. The average Bonchev–Trinajstić information content (AvgIpc) is 2.17. The van der Waals surface area contributed by atoms with Gasteiger partial charge in [-0.05, 0) is 11.1 Å². The number of benzene rings is 1. The van der Waals surface area contributed by atoms with Crippen LogP contribution in [-0.2, 0) is 11.4 Å². The molecule has 1 atom stereocenters. The number of carbonyl (C=O) groups is 1. The number of carboxylic acid groups (broad SMARTS) is 1. The predicted molar refractivity (Wildman–Crippen MR) is 46.9 cm³/mol. The summed E-state index contributed by atoms with van der Waals surface area (Å²) in [5.41, 5.74) is 6.64. The lowest BCUT2D eigenvalue weighted by molar-refractivity contribution is -0.138. The van der Waals surface area contributed by atoms with Crippen molar-refractivity contribution in [1.29, 1.82) is 0 Å². The first-order valence-corrected chi connectivity index (χ1v) is 3.83. The van der Waals surface area contributed by atoms with E-state index in [-0.39, 0.29) is 6.61 Å². The van der Waals surface area contributed by atoms with Gasteiger partial charge in [-0.2, -0.15) is 0 Å². The first kappa shape index (κ1) is 9.70. The first-order chi connectivity index (χ1) is 6.15. The molecule has 0 amide bonds. The van der Waals surface area contributed by atoms with Crippen molar-refractivity contribution in [2.24, 2.45) is 5.73 Å². The molecular weight excluding hydrogens is 170 g/mol. The van der Waals surface area contributed by atoms with Crippen molar-refractivity contribution in [3.05, 3.63) is 35.4 Å². The van der Waals surface area contributed by atoms with Crippen molar-refractivity contribution < 1.29 is 15.0 Å². The van der Waals surface area contributed by atoms with Gasteiger partial charge in [-0.25, -0.2) is 0 Å². The lowest BCUT2D eigenvalue weighted by Crippen LogP contribution is -2.20. The summed E-state index contributed by atoms with van der Waals surface area (Å²) in [6, 6.07) is 5.51. The van der Waals surface area contributed by atoms with Gasteiger partial charge in [-0.3, -0.25) is 4.79 Å². The van der Waals surface area contributed by atoms with E-state index in [0.29, 0.717) is 5.56 Å². The molecule has 1 unspecified atom stereocenters. The van der Waals surface area contributed by atoms with Crippen LogP contribution < -0.4 is 5.73 Å². The lowest BCUT2D eigenvalue weighted by Gasteiger charge is -2.06. The van der Waals surface area contributed by atoms with E-state index in [1.165, 1.54) is 0 Å². The number of hydrogen-bond acceptors (Lipinski definition) is 3. The third kappa shape index (κ3) is 2.27. The van der Waals surface area contributed by atoms with Crippen molar-refractivity contribution in [1.82, 2.24) is 0 Å². The van der Waals surface area contributed by atoms with Gasteiger partial charge >= 0.3 is 5.97 Å². The zero-order valence-corrected chi connectivity index (χ0v) is 6.97. The molecule has 1 rings (SSSR count). The van der Waals surface area contributed by atoms with Gasteiger partial charge in [0.2, 0.25) is 0 Å². The highest BCUT2D eigenvalue weighted by molar-refractivity contribution is 5.75. The molecule has 0 aromatic heterocycles. The Kier molecular flexibility index (Phi) is 3.00. The highest BCUT2D eigenvalue weighted by Crippen LogP contribution is 2.11. The molecule has 0 aliphatic rings. The van der Waals surface area contributed by atoms with Gasteiger partial charge in [0.1, 0.15) is 6.04 Å². The molecule has 0 aliphatic carbocycles. The topological polar surface area (TPSA) is 83.6 Å². The Morgan fingerprint density at radius 2 is 1.92 bits per heavy atom. The van der Waals surface area contributed by atoms with Gasteiger partial charge in [-0.15, -0.1) is 0 Å². The van der Waals surface area contributed by atoms with E-state index < -0.39 is 12.0 Å². The highest BCUT2D eigenvalue weighted by atomic mass is 16.4. The Hall–Kier alpha value is -1.39. The Labute approximate surface area is 75.6 Å². The van der Waals surface area contributed by atoms with Crippen molar-refractivity contribution in [2.45, 2.75) is 12.6 Å². The molecule has 0 bridgehead atoms. The van der Waals surface area contributed by atoms with E-state index in [2.05, 4.69) is 0 Å². The number of aliphatic hydroxyl groups excluding tert-OH is 1. The van der Waals surface area contributed by atoms with E-state index in [9.17, 15) is 4.79 Å². The second kappa shape index (κ2) is 4.02. The van der Waals surface area contributed by atoms with Crippen LogP contribution in [0.4, 0.5) is 0 Å². The first-order valence-electron chi connectivity index (χ1n) is 3.83. The second-order valence-corrected chi connectivity index (χ2v) is 2.72. The molecule has 4 heteroatoms. The highest BCUT2D eigenvalue weighted by Gasteiger charge is 2.13. The van der Waals surface area contributed by atoms with Crippen LogP contribution in [0.25, 0.3) is 0 Å². The average molecular weight is 181 g/mol. The molecule has 0 saturated heterocycles. The van der Waals surface area contributed by atoms with Crippen LogP contribution in [0.1, 0.15) is 17.2 Å². The third-order valence-corrected chi connectivity index (χ3v) is 1.79. The van der Waals surface area contributed by atoms with Crippen molar-refractivity contribution in [3.8, 4) is 0 Å². The van der Waals surface area contributed by atoms with Gasteiger partial charge in [0.05, 0.1) is 6.61 Å². The molecule has 4 nitrogen and oxygen atoms in total. The fraction of sp³-hybridized carbons (Fsp3) is 0.222. The number of carboxylic acids is 1. The summed E-state index contributed by atoms with van der Waals surface area (Å²) < 4.78 is 0. The zero-order chi connectivity index (χ0) is 9.84. The molecule has 1 aromatic rings. The molecule has 0 saturated carbocycles. The fourth-order valence-corrected chi connectivity index (χ4v) is 0.973. The zero-order valence-electron chi connectivity index (χ0n) is 6.97. The molecule has 13 heavy (non-hydrogen) atoms. The van der Waals surface area contributed by atoms with E-state index in [0.717, 1.165) is 5.56 Å². The number of aliphatic carboxylic acids is 1. The van der Waals surface area contributed by atoms with E-state index in [4.69, 9.17) is 15.9 Å². The predicted octanol–water partition coefficient (Wildman–Crippen LogP) is 0.263. The van der Waals surface area contributed by atoms with E-state index in [1.54, 1.807) is 24.3 Å². The van der Waals surface area contributed by atoms with Gasteiger partial charge in [-0.1, -0.05) is 24.3 Å². The molecule has 0 radical (unpaired) electrons. The maximum absolute atomic E-state index is 10.5. The van der Waals surface area contributed by atoms with Crippen LogP contribution in [0.3, 0.4) is 0 Å². The van der Waals surface area contributed by atoms with Crippen LogP contribution in [0.2, 0.25) is 0 Å². The van der Waals surface area contributed by atoms with Crippen LogP contribution in [0.15, 0.2) is 24.3 Å². The number of nitrogens with two attached hydrogens (primary N) is 1. The van der Waals surface area contributed by atoms with Gasteiger partial charge in [0.15, 0.2) is 0 Å². The molecule has 4 N–H and O–H groups in total. The van der Waals surface area contributed by atoms with Gasteiger partial charge in [0, 0.05) is 0 Å². The minimum absolute atomic E-state index is 0.0530. The molecule has 1 aromatic carbocycles. The summed E-state index contributed by atoms with van der Waals surface area (Å²) in [5.74, 6) is -1.06. The molecular formula is C9H11NO3. The van der Waals surface area contributed by atoms with Crippen LogP contribution in [-0.4, -0.2) is 16.2 Å². The molecule has 0 fully saturated rings. The lowest BCUT2D eigenvalue weighted by atomic mass is 10.1. The minimum atomic E-state index is -1.06.